The maximum atomic E-state index is 12.1. The lowest BCUT2D eigenvalue weighted by Gasteiger charge is -2.32. The smallest absolute Gasteiger partial charge is 0.224 e. The minimum Gasteiger partial charge on any atom is -0.385 e. The van der Waals surface area contributed by atoms with Gasteiger partial charge in [0, 0.05) is 44.8 Å². The standard InChI is InChI=1S/C18H29N3O/c1-18(2,3)15-5-7-16(8-6-15)19-10-9-17(22)21-13-11-20(4)12-14-21/h5-8,19H,9-14H2,1-4H3. The molecule has 4 heteroatoms. The number of hydrogen-bond donors (Lipinski definition) is 1. The Bertz CT molecular complexity index is 482. The molecule has 4 nitrogen and oxygen atoms in total. The van der Waals surface area contributed by atoms with Crippen molar-refractivity contribution in [1.82, 2.24) is 9.80 Å². The number of carbonyl (C=O) groups excluding carboxylic acids is 1. The maximum absolute atomic E-state index is 12.1. The Morgan fingerprint density at radius 1 is 1.09 bits per heavy atom. The second kappa shape index (κ2) is 7.14. The monoisotopic (exact) mass is 303 g/mol. The van der Waals surface area contributed by atoms with Crippen LogP contribution < -0.4 is 5.32 Å². The van der Waals surface area contributed by atoms with E-state index in [1.807, 2.05) is 4.90 Å². The van der Waals surface area contributed by atoms with E-state index in [0.717, 1.165) is 31.9 Å². The van der Waals surface area contributed by atoms with E-state index in [-0.39, 0.29) is 11.3 Å². The number of rotatable bonds is 4. The van der Waals surface area contributed by atoms with Gasteiger partial charge >= 0.3 is 0 Å². The third-order valence-corrected chi connectivity index (χ3v) is 4.27. The second-order valence-corrected chi connectivity index (χ2v) is 7.19. The SMILES string of the molecule is CN1CCN(C(=O)CCNc2ccc(C(C)(C)C)cc2)CC1. The van der Waals surface area contributed by atoms with Crippen LogP contribution in [-0.2, 0) is 10.2 Å². The topological polar surface area (TPSA) is 35.6 Å². The summed E-state index contributed by atoms with van der Waals surface area (Å²) in [5.74, 6) is 0.256. The lowest BCUT2D eigenvalue weighted by Crippen LogP contribution is -2.47. The van der Waals surface area contributed by atoms with Gasteiger partial charge in [-0.15, -0.1) is 0 Å². The van der Waals surface area contributed by atoms with Crippen LogP contribution >= 0.6 is 0 Å². The Labute approximate surface area is 134 Å². The zero-order valence-electron chi connectivity index (χ0n) is 14.4. The van der Waals surface area contributed by atoms with Crippen molar-refractivity contribution in [3.8, 4) is 0 Å². The van der Waals surface area contributed by atoms with Crippen molar-refractivity contribution in [3.05, 3.63) is 29.8 Å². The van der Waals surface area contributed by atoms with E-state index in [1.165, 1.54) is 5.56 Å². The summed E-state index contributed by atoms with van der Waals surface area (Å²) >= 11 is 0. The van der Waals surface area contributed by atoms with Crippen LogP contribution in [0.5, 0.6) is 0 Å². The number of hydrogen-bond acceptors (Lipinski definition) is 3. The van der Waals surface area contributed by atoms with E-state index in [9.17, 15) is 4.79 Å². The molecule has 122 valence electrons. The molecule has 1 fully saturated rings. The first-order chi connectivity index (χ1) is 10.4. The summed E-state index contributed by atoms with van der Waals surface area (Å²) in [7, 11) is 2.10. The molecule has 0 aromatic heterocycles. The fourth-order valence-corrected chi connectivity index (χ4v) is 2.62. The predicted molar refractivity (Wildman–Crippen MR) is 92.3 cm³/mol. The molecule has 22 heavy (non-hydrogen) atoms. The van der Waals surface area contributed by atoms with Crippen molar-refractivity contribution < 1.29 is 4.79 Å². The van der Waals surface area contributed by atoms with E-state index in [4.69, 9.17) is 0 Å². The van der Waals surface area contributed by atoms with E-state index in [1.54, 1.807) is 0 Å². The highest BCUT2D eigenvalue weighted by atomic mass is 16.2. The Hall–Kier alpha value is -1.55. The number of piperazine rings is 1. The van der Waals surface area contributed by atoms with Crippen molar-refractivity contribution in [2.24, 2.45) is 0 Å². The molecule has 0 saturated carbocycles. The van der Waals surface area contributed by atoms with Gasteiger partial charge in [-0.2, -0.15) is 0 Å². The first-order valence-electron chi connectivity index (χ1n) is 8.17. The van der Waals surface area contributed by atoms with Crippen LogP contribution in [0, 0.1) is 0 Å². The summed E-state index contributed by atoms with van der Waals surface area (Å²) in [5, 5.41) is 3.34. The quantitative estimate of drug-likeness (QED) is 0.928. The zero-order valence-corrected chi connectivity index (χ0v) is 14.4. The molecule has 1 aliphatic rings. The van der Waals surface area contributed by atoms with Gasteiger partial charge in [0.25, 0.3) is 0 Å². The van der Waals surface area contributed by atoms with Gasteiger partial charge in [-0.05, 0) is 30.2 Å². The summed E-state index contributed by atoms with van der Waals surface area (Å²) in [6.45, 7) is 11.0. The lowest BCUT2D eigenvalue weighted by molar-refractivity contribution is -0.132. The molecule has 1 aromatic carbocycles. The van der Waals surface area contributed by atoms with Gasteiger partial charge in [-0.3, -0.25) is 4.79 Å². The number of amides is 1. The Balaban J connectivity index is 1.75. The summed E-state index contributed by atoms with van der Waals surface area (Å²) in [6.07, 6.45) is 0.560. The fourth-order valence-electron chi connectivity index (χ4n) is 2.62. The van der Waals surface area contributed by atoms with Crippen LogP contribution in [0.15, 0.2) is 24.3 Å². The minimum atomic E-state index is 0.177. The molecule has 0 radical (unpaired) electrons. The number of nitrogens with one attached hydrogen (secondary N) is 1. The molecule has 1 aliphatic heterocycles. The molecule has 1 amide bonds. The van der Waals surface area contributed by atoms with Gasteiger partial charge in [-0.1, -0.05) is 32.9 Å². The van der Waals surface area contributed by atoms with Crippen LogP contribution in [-0.4, -0.2) is 55.5 Å². The van der Waals surface area contributed by atoms with Crippen molar-refractivity contribution >= 4 is 11.6 Å². The molecule has 0 bridgehead atoms. The summed E-state index contributed by atoms with van der Waals surface area (Å²) in [4.78, 5) is 16.4. The first kappa shape index (κ1) is 16.8. The molecule has 1 saturated heterocycles. The highest BCUT2D eigenvalue weighted by Crippen LogP contribution is 2.23. The number of nitrogens with zero attached hydrogens (tertiary/aromatic N) is 2. The highest BCUT2D eigenvalue weighted by molar-refractivity contribution is 5.76. The van der Waals surface area contributed by atoms with Crippen LogP contribution in [0.1, 0.15) is 32.8 Å². The maximum Gasteiger partial charge on any atom is 0.224 e. The van der Waals surface area contributed by atoms with Crippen molar-refractivity contribution in [2.75, 3.05) is 45.1 Å². The van der Waals surface area contributed by atoms with E-state index < -0.39 is 0 Å². The Morgan fingerprint density at radius 3 is 2.23 bits per heavy atom. The van der Waals surface area contributed by atoms with E-state index >= 15 is 0 Å². The molecule has 2 rings (SSSR count). The summed E-state index contributed by atoms with van der Waals surface area (Å²) in [6, 6.07) is 8.51. The van der Waals surface area contributed by atoms with Crippen LogP contribution in [0.2, 0.25) is 0 Å². The second-order valence-electron chi connectivity index (χ2n) is 7.19. The number of likely N-dealkylation sites (N-methyl/N-ethyl adjacent to an activating group) is 1. The Kier molecular flexibility index (Phi) is 5.46. The van der Waals surface area contributed by atoms with Crippen LogP contribution in [0.3, 0.4) is 0 Å². The Morgan fingerprint density at radius 2 is 1.68 bits per heavy atom. The molecule has 1 N–H and O–H groups in total. The van der Waals surface area contributed by atoms with Gasteiger partial charge in [0.15, 0.2) is 0 Å². The molecule has 0 aliphatic carbocycles. The van der Waals surface area contributed by atoms with Crippen molar-refractivity contribution in [1.29, 1.82) is 0 Å². The molecular formula is C18H29N3O. The zero-order chi connectivity index (χ0) is 16.2. The third-order valence-electron chi connectivity index (χ3n) is 4.27. The average Bonchev–Trinajstić information content (AvgIpc) is 2.47. The highest BCUT2D eigenvalue weighted by Gasteiger charge is 2.18. The van der Waals surface area contributed by atoms with Gasteiger partial charge in [-0.25, -0.2) is 0 Å². The van der Waals surface area contributed by atoms with Gasteiger partial charge in [0.2, 0.25) is 5.91 Å². The molecule has 0 spiro atoms. The van der Waals surface area contributed by atoms with E-state index in [2.05, 4.69) is 62.3 Å². The summed E-state index contributed by atoms with van der Waals surface area (Å²) in [5.41, 5.74) is 2.58. The van der Waals surface area contributed by atoms with Crippen LogP contribution in [0.4, 0.5) is 5.69 Å². The fraction of sp³-hybridized carbons (Fsp3) is 0.611. The van der Waals surface area contributed by atoms with Gasteiger partial charge in [0.1, 0.15) is 0 Å². The largest absolute Gasteiger partial charge is 0.385 e. The minimum absolute atomic E-state index is 0.177. The first-order valence-corrected chi connectivity index (χ1v) is 8.17. The van der Waals surface area contributed by atoms with Gasteiger partial charge in [0.05, 0.1) is 0 Å². The van der Waals surface area contributed by atoms with Gasteiger partial charge < -0.3 is 15.1 Å². The molecule has 0 atom stereocenters. The number of benzene rings is 1. The summed E-state index contributed by atoms with van der Waals surface area (Å²) < 4.78 is 0. The molecule has 1 aromatic rings. The predicted octanol–water partition coefficient (Wildman–Crippen LogP) is 2.56. The third kappa shape index (κ3) is 4.73. The molecule has 0 unspecified atom stereocenters. The molecular weight excluding hydrogens is 274 g/mol. The lowest BCUT2D eigenvalue weighted by atomic mass is 9.87. The number of carbonyl (C=O) groups is 1. The molecule has 1 heterocycles. The number of anilines is 1. The van der Waals surface area contributed by atoms with Crippen molar-refractivity contribution in [2.45, 2.75) is 32.6 Å². The average molecular weight is 303 g/mol. The normalized spacial score (nSPS) is 16.6. The van der Waals surface area contributed by atoms with Crippen LogP contribution in [0.25, 0.3) is 0 Å². The van der Waals surface area contributed by atoms with Crippen molar-refractivity contribution in [3.63, 3.8) is 0 Å². The van der Waals surface area contributed by atoms with E-state index in [0.29, 0.717) is 13.0 Å².